The van der Waals surface area contributed by atoms with Gasteiger partial charge in [0, 0.05) is 18.4 Å². The van der Waals surface area contributed by atoms with Gasteiger partial charge in [-0.1, -0.05) is 49.7 Å². The van der Waals surface area contributed by atoms with Gasteiger partial charge in [-0.3, -0.25) is 0 Å². The lowest BCUT2D eigenvalue weighted by Gasteiger charge is -2.10. The van der Waals surface area contributed by atoms with E-state index in [9.17, 15) is 0 Å². The van der Waals surface area contributed by atoms with Gasteiger partial charge >= 0.3 is 0 Å². The molecular formula is C16H19ClN2O. The van der Waals surface area contributed by atoms with Gasteiger partial charge in [-0.15, -0.1) is 0 Å². The molecule has 0 saturated carbocycles. The summed E-state index contributed by atoms with van der Waals surface area (Å²) in [6, 6.07) is 9.81. The fourth-order valence-corrected chi connectivity index (χ4v) is 2.33. The van der Waals surface area contributed by atoms with Crippen LogP contribution < -0.4 is 0 Å². The minimum atomic E-state index is 0.484. The van der Waals surface area contributed by atoms with Crippen LogP contribution in [-0.4, -0.2) is 17.1 Å². The molecule has 106 valence electrons. The maximum Gasteiger partial charge on any atom is 0.161 e. The van der Waals surface area contributed by atoms with Crippen molar-refractivity contribution in [1.82, 2.24) is 9.97 Å². The van der Waals surface area contributed by atoms with Crippen molar-refractivity contribution < 1.29 is 4.74 Å². The Bertz CT molecular complexity index is 584. The van der Waals surface area contributed by atoms with Crippen molar-refractivity contribution in [2.45, 2.75) is 26.9 Å². The summed E-state index contributed by atoms with van der Waals surface area (Å²) in [5.41, 5.74) is 3.01. The number of hydrogen-bond acceptors (Lipinski definition) is 3. The second kappa shape index (κ2) is 6.82. The molecule has 0 aliphatic rings. The first-order valence-electron chi connectivity index (χ1n) is 6.71. The molecule has 0 atom stereocenters. The van der Waals surface area contributed by atoms with E-state index in [4.69, 9.17) is 16.3 Å². The highest BCUT2D eigenvalue weighted by Gasteiger charge is 2.10. The molecule has 0 aliphatic carbocycles. The average molecular weight is 291 g/mol. The third kappa shape index (κ3) is 3.78. The lowest BCUT2D eigenvalue weighted by molar-refractivity contribution is 0.185. The van der Waals surface area contributed by atoms with Crippen LogP contribution in [0.2, 0.25) is 5.15 Å². The fraction of sp³-hybridized carbons (Fsp3) is 0.375. The molecule has 0 bridgehead atoms. The van der Waals surface area contributed by atoms with Crippen LogP contribution in [-0.2, 0) is 17.8 Å². The molecule has 0 unspecified atom stereocenters. The quantitative estimate of drug-likeness (QED) is 0.776. The Morgan fingerprint density at radius 1 is 1.20 bits per heavy atom. The Labute approximate surface area is 125 Å². The summed E-state index contributed by atoms with van der Waals surface area (Å²) in [6.45, 7) is 4.86. The molecule has 0 amide bonds. The topological polar surface area (TPSA) is 35.0 Å². The predicted molar refractivity (Wildman–Crippen MR) is 81.7 cm³/mol. The zero-order chi connectivity index (χ0) is 14.5. The molecule has 3 nitrogen and oxygen atoms in total. The molecule has 0 aliphatic heterocycles. The van der Waals surface area contributed by atoms with Gasteiger partial charge in [0.2, 0.25) is 0 Å². The van der Waals surface area contributed by atoms with E-state index in [1.807, 2.05) is 30.3 Å². The molecular weight excluding hydrogens is 272 g/mol. The van der Waals surface area contributed by atoms with Crippen LogP contribution in [0.3, 0.4) is 0 Å². The third-order valence-electron chi connectivity index (χ3n) is 2.92. The molecule has 1 heterocycles. The Hall–Kier alpha value is -1.45. The smallest absolute Gasteiger partial charge is 0.161 e. The molecule has 1 aromatic carbocycles. The van der Waals surface area contributed by atoms with Crippen LogP contribution in [0.25, 0.3) is 11.4 Å². The van der Waals surface area contributed by atoms with E-state index in [1.54, 1.807) is 7.11 Å². The van der Waals surface area contributed by atoms with E-state index < -0.39 is 0 Å². The molecule has 2 rings (SSSR count). The second-order valence-corrected chi connectivity index (χ2v) is 5.58. The van der Waals surface area contributed by atoms with Crippen LogP contribution >= 0.6 is 11.6 Å². The fourth-order valence-electron chi connectivity index (χ4n) is 2.13. The number of methoxy groups -OCH3 is 1. The summed E-state index contributed by atoms with van der Waals surface area (Å²) in [5, 5.41) is 0.484. The lowest BCUT2D eigenvalue weighted by atomic mass is 10.1. The predicted octanol–water partition coefficient (Wildman–Crippen LogP) is 4.14. The van der Waals surface area contributed by atoms with Crippen molar-refractivity contribution in [3.05, 3.63) is 46.7 Å². The maximum absolute atomic E-state index is 6.13. The monoisotopic (exact) mass is 290 g/mol. The molecule has 4 heteroatoms. The largest absolute Gasteiger partial charge is 0.380 e. The molecule has 0 saturated heterocycles. The van der Waals surface area contributed by atoms with Gasteiger partial charge in [-0.05, 0) is 24.0 Å². The number of aromatic nitrogens is 2. The number of hydrogen-bond donors (Lipinski definition) is 0. The standard InChI is InChI=1S/C16H19ClN2O/c1-11(2)8-13-9-15(17)19-16(18-13)14-7-5-4-6-12(14)10-20-3/h4-7,9,11H,8,10H2,1-3H3. The maximum atomic E-state index is 6.13. The van der Waals surface area contributed by atoms with Gasteiger partial charge in [-0.2, -0.15) is 0 Å². The van der Waals surface area contributed by atoms with Crippen LogP contribution in [0.1, 0.15) is 25.1 Å². The SMILES string of the molecule is COCc1ccccc1-c1nc(Cl)cc(CC(C)C)n1. The molecule has 0 fully saturated rings. The number of halogens is 1. The van der Waals surface area contributed by atoms with Gasteiger partial charge in [-0.25, -0.2) is 9.97 Å². The minimum absolute atomic E-state index is 0.484. The van der Waals surface area contributed by atoms with Gasteiger partial charge in [0.05, 0.1) is 6.61 Å². The highest BCUT2D eigenvalue weighted by molar-refractivity contribution is 6.29. The third-order valence-corrected chi connectivity index (χ3v) is 3.12. The van der Waals surface area contributed by atoms with Crippen LogP contribution in [0.4, 0.5) is 0 Å². The number of rotatable bonds is 5. The number of benzene rings is 1. The van der Waals surface area contributed by atoms with E-state index in [1.165, 1.54) is 0 Å². The van der Waals surface area contributed by atoms with Crippen LogP contribution in [0, 0.1) is 5.92 Å². The molecule has 1 aromatic heterocycles. The van der Waals surface area contributed by atoms with E-state index in [0.717, 1.165) is 23.2 Å². The highest BCUT2D eigenvalue weighted by atomic mass is 35.5. The molecule has 0 N–H and O–H groups in total. The minimum Gasteiger partial charge on any atom is -0.380 e. The number of ether oxygens (including phenoxy) is 1. The van der Waals surface area contributed by atoms with Crippen molar-refractivity contribution in [3.63, 3.8) is 0 Å². The van der Waals surface area contributed by atoms with E-state index >= 15 is 0 Å². The van der Waals surface area contributed by atoms with E-state index in [2.05, 4.69) is 23.8 Å². The van der Waals surface area contributed by atoms with E-state index in [0.29, 0.717) is 23.5 Å². The zero-order valence-corrected chi connectivity index (χ0v) is 12.8. The van der Waals surface area contributed by atoms with Gasteiger partial charge in [0.1, 0.15) is 5.15 Å². The number of nitrogens with zero attached hydrogens (tertiary/aromatic N) is 2. The van der Waals surface area contributed by atoms with Crippen LogP contribution in [0.15, 0.2) is 30.3 Å². The second-order valence-electron chi connectivity index (χ2n) is 5.19. The zero-order valence-electron chi connectivity index (χ0n) is 12.1. The Morgan fingerprint density at radius 2 is 1.95 bits per heavy atom. The molecule has 2 aromatic rings. The summed E-state index contributed by atoms with van der Waals surface area (Å²) in [7, 11) is 1.68. The first-order chi connectivity index (χ1) is 9.60. The van der Waals surface area contributed by atoms with Gasteiger partial charge < -0.3 is 4.74 Å². The lowest BCUT2D eigenvalue weighted by Crippen LogP contribution is -2.02. The summed E-state index contributed by atoms with van der Waals surface area (Å²) < 4.78 is 5.23. The van der Waals surface area contributed by atoms with Crippen LogP contribution in [0.5, 0.6) is 0 Å². The van der Waals surface area contributed by atoms with Crippen molar-refractivity contribution in [1.29, 1.82) is 0 Å². The summed E-state index contributed by atoms with van der Waals surface area (Å²) in [6.07, 6.45) is 0.891. The van der Waals surface area contributed by atoms with Gasteiger partial charge in [0.25, 0.3) is 0 Å². The molecule has 0 spiro atoms. The summed E-state index contributed by atoms with van der Waals surface area (Å²) in [4.78, 5) is 8.99. The highest BCUT2D eigenvalue weighted by Crippen LogP contribution is 2.23. The summed E-state index contributed by atoms with van der Waals surface area (Å²) >= 11 is 6.13. The van der Waals surface area contributed by atoms with Crippen molar-refractivity contribution >= 4 is 11.6 Å². The molecule has 20 heavy (non-hydrogen) atoms. The molecule has 0 radical (unpaired) electrons. The first kappa shape index (κ1) is 14.9. The van der Waals surface area contributed by atoms with Crippen molar-refractivity contribution in [3.8, 4) is 11.4 Å². The Kier molecular flexibility index (Phi) is 5.10. The van der Waals surface area contributed by atoms with Crippen molar-refractivity contribution in [2.75, 3.05) is 7.11 Å². The average Bonchev–Trinajstić information content (AvgIpc) is 2.38. The van der Waals surface area contributed by atoms with Crippen molar-refractivity contribution in [2.24, 2.45) is 5.92 Å². The van der Waals surface area contributed by atoms with Gasteiger partial charge in [0.15, 0.2) is 5.82 Å². The van der Waals surface area contributed by atoms with E-state index in [-0.39, 0.29) is 0 Å². The normalized spacial score (nSPS) is 11.1. The first-order valence-corrected chi connectivity index (χ1v) is 7.08. The Morgan fingerprint density at radius 3 is 2.65 bits per heavy atom. The summed E-state index contributed by atoms with van der Waals surface area (Å²) in [5.74, 6) is 1.20. The Balaban J connectivity index is 2.44.